The number of hydrogen-bond acceptors (Lipinski definition) is 5. The van der Waals surface area contributed by atoms with Crippen LogP contribution in [0.4, 0.5) is 5.13 Å². The van der Waals surface area contributed by atoms with Crippen molar-refractivity contribution in [1.82, 2.24) is 9.88 Å². The van der Waals surface area contributed by atoms with E-state index in [0.717, 1.165) is 34.7 Å². The molecule has 144 valence electrons. The molecule has 0 unspecified atom stereocenters. The van der Waals surface area contributed by atoms with Crippen LogP contribution in [0.15, 0.2) is 23.1 Å². The molecule has 3 rings (SSSR count). The molecule has 1 heterocycles. The van der Waals surface area contributed by atoms with Crippen LogP contribution in [0.2, 0.25) is 0 Å². The molecule has 1 aliphatic carbocycles. The average molecular weight is 414 g/mol. The average Bonchev–Trinajstić information content (AvgIpc) is 3.04. The Kier molecular flexibility index (Phi) is 8.20. The van der Waals surface area contributed by atoms with Crippen LogP contribution in [-0.2, 0) is 4.79 Å². The molecular formula is C19H28ClN3OS2. The molecule has 26 heavy (non-hydrogen) atoms. The van der Waals surface area contributed by atoms with Gasteiger partial charge in [-0.3, -0.25) is 9.69 Å². The quantitative estimate of drug-likeness (QED) is 0.630. The molecule has 0 aliphatic heterocycles. The molecule has 1 saturated carbocycles. The van der Waals surface area contributed by atoms with Gasteiger partial charge in [0, 0.05) is 23.9 Å². The van der Waals surface area contributed by atoms with Crippen molar-refractivity contribution in [1.29, 1.82) is 0 Å². The number of fused-ring (bicyclic) bond motifs is 1. The number of aromatic nitrogens is 1. The fraction of sp³-hybridized carbons (Fsp3) is 0.579. The van der Waals surface area contributed by atoms with Gasteiger partial charge in [-0.25, -0.2) is 4.98 Å². The summed E-state index contributed by atoms with van der Waals surface area (Å²) in [4.78, 5) is 23.3. The fourth-order valence-corrected chi connectivity index (χ4v) is 4.86. The molecule has 1 amide bonds. The van der Waals surface area contributed by atoms with Crippen molar-refractivity contribution in [3.63, 3.8) is 0 Å². The number of hydrogen-bond donors (Lipinski definition) is 0. The van der Waals surface area contributed by atoms with E-state index in [1.807, 2.05) is 19.0 Å². The molecule has 1 aromatic carbocycles. The summed E-state index contributed by atoms with van der Waals surface area (Å²) in [6.45, 7) is 1.56. The van der Waals surface area contributed by atoms with Crippen molar-refractivity contribution in [2.24, 2.45) is 5.92 Å². The molecule has 1 fully saturated rings. The number of thiazole rings is 1. The fourth-order valence-electron chi connectivity index (χ4n) is 3.31. The lowest BCUT2D eigenvalue weighted by atomic mass is 9.88. The van der Waals surface area contributed by atoms with Crippen molar-refractivity contribution in [3.05, 3.63) is 18.2 Å². The highest BCUT2D eigenvalue weighted by atomic mass is 35.5. The highest BCUT2D eigenvalue weighted by Crippen LogP contribution is 2.34. The maximum Gasteiger partial charge on any atom is 0.231 e. The normalized spacial score (nSPS) is 15.2. The molecule has 0 radical (unpaired) electrons. The monoisotopic (exact) mass is 413 g/mol. The highest BCUT2D eigenvalue weighted by molar-refractivity contribution is 7.98. The van der Waals surface area contributed by atoms with Crippen LogP contribution in [0.25, 0.3) is 10.2 Å². The maximum atomic E-state index is 13.2. The third-order valence-electron chi connectivity index (χ3n) is 4.81. The van der Waals surface area contributed by atoms with E-state index < -0.39 is 0 Å². The summed E-state index contributed by atoms with van der Waals surface area (Å²) < 4.78 is 1.16. The standard InChI is InChI=1S/C19H27N3OS2.ClH/c1-21(2)11-12-22(18(23)14-7-5-4-6-8-14)19-20-16-10-9-15(24-3)13-17(16)25-19;/h9-10,13-14H,4-8,11-12H2,1-3H3;1H. The summed E-state index contributed by atoms with van der Waals surface area (Å²) in [7, 11) is 4.10. The van der Waals surface area contributed by atoms with E-state index in [0.29, 0.717) is 6.54 Å². The Hall–Kier alpha value is -0.820. The van der Waals surface area contributed by atoms with Gasteiger partial charge in [-0.15, -0.1) is 24.2 Å². The number of thioether (sulfide) groups is 1. The van der Waals surface area contributed by atoms with Gasteiger partial charge >= 0.3 is 0 Å². The number of nitrogens with zero attached hydrogens (tertiary/aromatic N) is 3. The van der Waals surface area contributed by atoms with E-state index in [9.17, 15) is 4.79 Å². The Balaban J connectivity index is 0.00000243. The molecule has 0 N–H and O–H groups in total. The Morgan fingerprint density at radius 1 is 1.23 bits per heavy atom. The van der Waals surface area contributed by atoms with Gasteiger partial charge in [0.2, 0.25) is 5.91 Å². The predicted octanol–water partition coefficient (Wildman–Crippen LogP) is 4.91. The van der Waals surface area contributed by atoms with Gasteiger partial charge in [0.1, 0.15) is 0 Å². The second kappa shape index (κ2) is 9.93. The molecule has 1 aromatic heterocycles. The molecule has 2 aromatic rings. The van der Waals surface area contributed by atoms with E-state index in [4.69, 9.17) is 4.98 Å². The summed E-state index contributed by atoms with van der Waals surface area (Å²) in [6.07, 6.45) is 7.75. The van der Waals surface area contributed by atoms with Crippen LogP contribution in [0.1, 0.15) is 32.1 Å². The van der Waals surface area contributed by atoms with Gasteiger partial charge in [0.25, 0.3) is 0 Å². The first-order chi connectivity index (χ1) is 12.1. The van der Waals surface area contributed by atoms with E-state index in [-0.39, 0.29) is 24.2 Å². The first-order valence-electron chi connectivity index (χ1n) is 8.99. The van der Waals surface area contributed by atoms with E-state index in [1.165, 1.54) is 24.2 Å². The van der Waals surface area contributed by atoms with Crippen molar-refractivity contribution >= 4 is 56.8 Å². The lowest BCUT2D eigenvalue weighted by Gasteiger charge is -2.28. The minimum atomic E-state index is 0. The van der Waals surface area contributed by atoms with Gasteiger partial charge in [-0.1, -0.05) is 30.6 Å². The third-order valence-corrected chi connectivity index (χ3v) is 6.57. The first-order valence-corrected chi connectivity index (χ1v) is 11.0. The second-order valence-corrected chi connectivity index (χ2v) is 8.85. The summed E-state index contributed by atoms with van der Waals surface area (Å²) in [5.74, 6) is 0.440. The van der Waals surface area contributed by atoms with Gasteiger partial charge in [-0.2, -0.15) is 0 Å². The van der Waals surface area contributed by atoms with Crippen LogP contribution in [0, 0.1) is 5.92 Å². The minimum Gasteiger partial charge on any atom is -0.308 e. The number of anilines is 1. The zero-order valence-corrected chi connectivity index (χ0v) is 18.2. The van der Waals surface area contributed by atoms with Gasteiger partial charge in [0.15, 0.2) is 5.13 Å². The van der Waals surface area contributed by atoms with E-state index in [2.05, 4.69) is 29.4 Å². The van der Waals surface area contributed by atoms with Crippen LogP contribution in [-0.4, -0.2) is 49.2 Å². The highest BCUT2D eigenvalue weighted by Gasteiger charge is 2.28. The third kappa shape index (κ3) is 5.12. The number of carbonyl (C=O) groups is 1. The Bertz CT molecular complexity index is 729. The minimum absolute atomic E-state index is 0. The first kappa shape index (κ1) is 21.5. The lowest BCUT2D eigenvalue weighted by Crippen LogP contribution is -2.41. The Morgan fingerprint density at radius 2 is 1.96 bits per heavy atom. The molecule has 0 spiro atoms. The summed E-state index contributed by atoms with van der Waals surface area (Å²) in [6, 6.07) is 6.34. The molecule has 1 aliphatic rings. The zero-order chi connectivity index (χ0) is 17.8. The second-order valence-electron chi connectivity index (χ2n) is 6.96. The number of carbonyl (C=O) groups excluding carboxylic acids is 1. The van der Waals surface area contributed by atoms with Gasteiger partial charge < -0.3 is 4.90 Å². The smallest absolute Gasteiger partial charge is 0.231 e. The van der Waals surface area contributed by atoms with Crippen molar-refractivity contribution in [2.45, 2.75) is 37.0 Å². The maximum absolute atomic E-state index is 13.2. The summed E-state index contributed by atoms with van der Waals surface area (Å²) in [5, 5.41) is 0.852. The number of amides is 1. The Morgan fingerprint density at radius 3 is 2.62 bits per heavy atom. The molecule has 0 saturated heterocycles. The van der Waals surface area contributed by atoms with Gasteiger partial charge in [-0.05, 0) is 51.4 Å². The van der Waals surface area contributed by atoms with Crippen molar-refractivity contribution in [3.8, 4) is 0 Å². The molecule has 0 bridgehead atoms. The van der Waals surface area contributed by atoms with Crippen LogP contribution >= 0.6 is 35.5 Å². The number of rotatable bonds is 6. The SMILES string of the molecule is CSc1ccc2nc(N(CCN(C)C)C(=O)C3CCCCC3)sc2c1.Cl. The van der Waals surface area contributed by atoms with Crippen molar-refractivity contribution < 1.29 is 4.79 Å². The zero-order valence-electron chi connectivity index (χ0n) is 15.7. The van der Waals surface area contributed by atoms with Gasteiger partial charge in [0.05, 0.1) is 10.2 Å². The van der Waals surface area contributed by atoms with E-state index >= 15 is 0 Å². The van der Waals surface area contributed by atoms with Crippen LogP contribution < -0.4 is 4.90 Å². The number of benzene rings is 1. The number of halogens is 1. The Labute approximate surface area is 170 Å². The van der Waals surface area contributed by atoms with Crippen molar-refractivity contribution in [2.75, 3.05) is 38.3 Å². The van der Waals surface area contributed by atoms with Crippen LogP contribution in [0.5, 0.6) is 0 Å². The molecular weight excluding hydrogens is 386 g/mol. The van der Waals surface area contributed by atoms with E-state index in [1.54, 1.807) is 23.1 Å². The lowest BCUT2D eigenvalue weighted by molar-refractivity contribution is -0.123. The molecule has 7 heteroatoms. The topological polar surface area (TPSA) is 36.4 Å². The molecule has 0 atom stereocenters. The number of likely N-dealkylation sites (N-methyl/N-ethyl adjacent to an activating group) is 1. The predicted molar refractivity (Wildman–Crippen MR) is 116 cm³/mol. The summed E-state index contributed by atoms with van der Waals surface area (Å²) >= 11 is 3.38. The van der Waals surface area contributed by atoms with Crippen LogP contribution in [0.3, 0.4) is 0 Å². The largest absolute Gasteiger partial charge is 0.308 e. The summed E-state index contributed by atoms with van der Waals surface area (Å²) in [5.41, 5.74) is 0.990. The molecule has 4 nitrogen and oxygen atoms in total.